The van der Waals surface area contributed by atoms with Crippen LogP contribution in [0.2, 0.25) is 0 Å². The van der Waals surface area contributed by atoms with E-state index in [-0.39, 0.29) is 11.7 Å². The molecule has 0 amide bonds. The number of halogens is 1. The number of benzene rings is 2. The van der Waals surface area contributed by atoms with E-state index in [4.69, 9.17) is 0 Å². The van der Waals surface area contributed by atoms with Crippen molar-refractivity contribution in [3.8, 4) is 0 Å². The average Bonchev–Trinajstić information content (AvgIpc) is 2.62. The Morgan fingerprint density at radius 1 is 0.958 bits per heavy atom. The summed E-state index contributed by atoms with van der Waals surface area (Å²) in [6.07, 6.45) is 3.47. The minimum Gasteiger partial charge on any atom is -0.294 e. The lowest BCUT2D eigenvalue weighted by Crippen LogP contribution is -2.09. The van der Waals surface area contributed by atoms with E-state index in [1.165, 1.54) is 11.8 Å². The second-order valence-corrected chi connectivity index (χ2v) is 6.69. The van der Waals surface area contributed by atoms with Crippen LogP contribution in [0.1, 0.15) is 39.4 Å². The van der Waals surface area contributed by atoms with E-state index in [0.29, 0.717) is 12.0 Å². The van der Waals surface area contributed by atoms with Crippen LogP contribution in [0, 0.1) is 6.92 Å². The average molecular weight is 381 g/mol. The van der Waals surface area contributed by atoms with E-state index in [2.05, 4.69) is 69.4 Å². The molecule has 0 aliphatic heterocycles. The fraction of sp³-hybridized carbons (Fsp3) is 0.150. The van der Waals surface area contributed by atoms with Gasteiger partial charge < -0.3 is 0 Å². The van der Waals surface area contributed by atoms with Gasteiger partial charge in [0.05, 0.1) is 12.4 Å². The van der Waals surface area contributed by atoms with Crippen molar-refractivity contribution in [3.05, 3.63) is 93.7 Å². The zero-order valence-corrected chi connectivity index (χ0v) is 14.9. The van der Waals surface area contributed by atoms with E-state index in [9.17, 15) is 4.79 Å². The quantitative estimate of drug-likeness (QED) is 0.587. The topological polar surface area (TPSA) is 42.9 Å². The summed E-state index contributed by atoms with van der Waals surface area (Å²) in [6.45, 7) is 2.06. The van der Waals surface area contributed by atoms with Crippen molar-refractivity contribution in [3.63, 3.8) is 0 Å². The standard InChI is InChI=1S/C20H17BrN2O/c1-14-2-4-15(5-3-14)19(16-6-8-18(21)9-7-16)12-20(24)17-10-11-22-23-13-17/h2-11,13,19H,12H2,1H3/t19-/m1/s1. The molecule has 3 rings (SSSR count). The van der Waals surface area contributed by atoms with Crippen molar-refractivity contribution >= 4 is 21.7 Å². The predicted octanol–water partition coefficient (Wildman–Crippen LogP) is 4.95. The molecular weight excluding hydrogens is 364 g/mol. The van der Waals surface area contributed by atoms with Gasteiger partial charge in [0.15, 0.2) is 5.78 Å². The van der Waals surface area contributed by atoms with Crippen molar-refractivity contribution in [1.82, 2.24) is 10.2 Å². The van der Waals surface area contributed by atoms with Gasteiger partial charge in [0.2, 0.25) is 0 Å². The van der Waals surface area contributed by atoms with Crippen molar-refractivity contribution in [2.75, 3.05) is 0 Å². The first-order valence-electron chi connectivity index (χ1n) is 7.75. The first-order chi connectivity index (χ1) is 11.6. The highest BCUT2D eigenvalue weighted by atomic mass is 79.9. The zero-order chi connectivity index (χ0) is 16.9. The Kier molecular flexibility index (Phi) is 5.16. The van der Waals surface area contributed by atoms with E-state index < -0.39 is 0 Å². The second kappa shape index (κ2) is 7.49. The van der Waals surface area contributed by atoms with Crippen molar-refractivity contribution in [1.29, 1.82) is 0 Å². The van der Waals surface area contributed by atoms with E-state index in [0.717, 1.165) is 15.6 Å². The van der Waals surface area contributed by atoms with E-state index in [1.807, 2.05) is 12.1 Å². The van der Waals surface area contributed by atoms with Crippen LogP contribution in [-0.2, 0) is 0 Å². The van der Waals surface area contributed by atoms with Crippen LogP contribution in [0.4, 0.5) is 0 Å². The predicted molar refractivity (Wildman–Crippen MR) is 98.1 cm³/mol. The maximum Gasteiger partial charge on any atom is 0.165 e. The molecule has 0 fully saturated rings. The number of carbonyl (C=O) groups excluding carboxylic acids is 1. The number of nitrogens with zero attached hydrogens (tertiary/aromatic N) is 2. The minimum absolute atomic E-state index is 0.0133. The zero-order valence-electron chi connectivity index (χ0n) is 13.3. The maximum atomic E-state index is 12.7. The monoisotopic (exact) mass is 380 g/mol. The molecule has 0 bridgehead atoms. The molecule has 0 spiro atoms. The number of Topliss-reactive ketones (excluding diaryl/α,β-unsaturated/α-hetero) is 1. The Hall–Kier alpha value is -2.33. The van der Waals surface area contributed by atoms with Crippen LogP contribution in [0.25, 0.3) is 0 Å². The molecule has 0 radical (unpaired) electrons. The highest BCUT2D eigenvalue weighted by Crippen LogP contribution is 2.30. The molecule has 3 aromatic rings. The van der Waals surface area contributed by atoms with Gasteiger partial charge in [-0.1, -0.05) is 57.9 Å². The third-order valence-electron chi connectivity index (χ3n) is 4.05. The first kappa shape index (κ1) is 16.5. The van der Waals surface area contributed by atoms with Crippen LogP contribution < -0.4 is 0 Å². The fourth-order valence-electron chi connectivity index (χ4n) is 2.68. The van der Waals surface area contributed by atoms with Crippen molar-refractivity contribution < 1.29 is 4.79 Å². The molecule has 1 heterocycles. The van der Waals surface area contributed by atoms with Gasteiger partial charge in [0.1, 0.15) is 0 Å². The molecule has 1 atom stereocenters. The summed E-state index contributed by atoms with van der Waals surface area (Å²) in [7, 11) is 0. The molecule has 0 N–H and O–H groups in total. The summed E-state index contributed by atoms with van der Waals surface area (Å²) < 4.78 is 1.03. The van der Waals surface area contributed by atoms with Crippen LogP contribution in [-0.4, -0.2) is 16.0 Å². The SMILES string of the molecule is Cc1ccc([C@@H](CC(=O)c2ccnnc2)c2ccc(Br)cc2)cc1. The van der Waals surface area contributed by atoms with Gasteiger partial charge in [-0.25, -0.2) is 0 Å². The molecule has 3 nitrogen and oxygen atoms in total. The molecule has 4 heteroatoms. The van der Waals surface area contributed by atoms with Gasteiger partial charge in [-0.15, -0.1) is 0 Å². The Bertz CT molecular complexity index is 769. The number of hydrogen-bond donors (Lipinski definition) is 0. The molecule has 0 saturated carbocycles. The number of hydrogen-bond acceptors (Lipinski definition) is 3. The van der Waals surface area contributed by atoms with Gasteiger partial charge in [-0.3, -0.25) is 4.79 Å². The van der Waals surface area contributed by atoms with Gasteiger partial charge in [0, 0.05) is 22.4 Å². The largest absolute Gasteiger partial charge is 0.294 e. The maximum absolute atomic E-state index is 12.7. The summed E-state index contributed by atoms with van der Waals surface area (Å²) in [6, 6.07) is 18.2. The summed E-state index contributed by atoms with van der Waals surface area (Å²) in [5, 5.41) is 7.54. The second-order valence-electron chi connectivity index (χ2n) is 5.77. The Labute approximate surface area is 149 Å². The highest BCUT2D eigenvalue weighted by molar-refractivity contribution is 9.10. The molecule has 0 saturated heterocycles. The van der Waals surface area contributed by atoms with Crippen molar-refractivity contribution in [2.24, 2.45) is 0 Å². The lowest BCUT2D eigenvalue weighted by Gasteiger charge is -2.18. The van der Waals surface area contributed by atoms with Gasteiger partial charge in [-0.05, 0) is 36.2 Å². The molecule has 1 aromatic heterocycles. The van der Waals surface area contributed by atoms with E-state index in [1.54, 1.807) is 12.3 Å². The van der Waals surface area contributed by atoms with Crippen LogP contribution in [0.3, 0.4) is 0 Å². The summed E-state index contributed by atoms with van der Waals surface area (Å²) in [4.78, 5) is 12.7. The van der Waals surface area contributed by atoms with Gasteiger partial charge in [0.25, 0.3) is 0 Å². The summed E-state index contributed by atoms with van der Waals surface area (Å²) in [5.74, 6) is 0.0813. The van der Waals surface area contributed by atoms with Gasteiger partial charge in [-0.2, -0.15) is 10.2 Å². The molecule has 120 valence electrons. The first-order valence-corrected chi connectivity index (χ1v) is 8.55. The molecule has 0 aliphatic rings. The normalized spacial score (nSPS) is 11.9. The molecule has 0 aliphatic carbocycles. The third-order valence-corrected chi connectivity index (χ3v) is 4.58. The highest BCUT2D eigenvalue weighted by Gasteiger charge is 2.19. The van der Waals surface area contributed by atoms with Gasteiger partial charge >= 0.3 is 0 Å². The molecular formula is C20H17BrN2O. The Morgan fingerprint density at radius 2 is 1.58 bits per heavy atom. The number of aromatic nitrogens is 2. The number of aryl methyl sites for hydroxylation is 1. The number of ketones is 1. The smallest absolute Gasteiger partial charge is 0.165 e. The number of rotatable bonds is 5. The molecule has 2 aromatic carbocycles. The minimum atomic E-state index is 0.0133. The Morgan fingerprint density at radius 3 is 2.17 bits per heavy atom. The lowest BCUT2D eigenvalue weighted by molar-refractivity contribution is 0.0977. The lowest BCUT2D eigenvalue weighted by atomic mass is 9.86. The summed E-state index contributed by atoms with van der Waals surface area (Å²) in [5.41, 5.74) is 4.06. The fourth-order valence-corrected chi connectivity index (χ4v) is 2.95. The van der Waals surface area contributed by atoms with Crippen LogP contribution >= 0.6 is 15.9 Å². The van der Waals surface area contributed by atoms with E-state index >= 15 is 0 Å². The number of carbonyl (C=O) groups is 1. The molecule has 0 unspecified atom stereocenters. The third kappa shape index (κ3) is 3.95. The molecule has 24 heavy (non-hydrogen) atoms. The Balaban J connectivity index is 1.94. The van der Waals surface area contributed by atoms with Crippen LogP contribution in [0.15, 0.2) is 71.5 Å². The van der Waals surface area contributed by atoms with Crippen LogP contribution in [0.5, 0.6) is 0 Å². The van der Waals surface area contributed by atoms with Crippen molar-refractivity contribution in [2.45, 2.75) is 19.3 Å². The summed E-state index contributed by atoms with van der Waals surface area (Å²) >= 11 is 3.47.